The maximum atomic E-state index is 12.2. The number of amides is 1. The number of benzene rings is 2. The molecular formula is C21H21NO5. The summed E-state index contributed by atoms with van der Waals surface area (Å²) < 4.78 is 16.4. The molecule has 0 radical (unpaired) electrons. The first-order valence-electron chi connectivity index (χ1n) is 8.69. The van der Waals surface area contributed by atoms with Gasteiger partial charge in [-0.3, -0.25) is 4.79 Å². The first-order chi connectivity index (χ1) is 13.0. The molecule has 0 bridgehead atoms. The molecule has 1 unspecified atom stereocenters. The zero-order valence-corrected chi connectivity index (χ0v) is 15.2. The molecule has 1 heterocycles. The minimum Gasteiger partial charge on any atom is -0.492 e. The number of carbonyl (C=O) groups excluding carboxylic acids is 1. The van der Waals surface area contributed by atoms with Crippen molar-refractivity contribution in [2.24, 2.45) is 0 Å². The molecule has 140 valence electrons. The lowest BCUT2D eigenvalue weighted by molar-refractivity contribution is -0.127. The van der Waals surface area contributed by atoms with Gasteiger partial charge in [-0.25, -0.2) is 4.79 Å². The summed E-state index contributed by atoms with van der Waals surface area (Å²) in [5, 5.41) is 3.56. The highest BCUT2D eigenvalue weighted by Crippen LogP contribution is 2.20. The first kappa shape index (κ1) is 18.5. The Morgan fingerprint density at radius 1 is 1.11 bits per heavy atom. The van der Waals surface area contributed by atoms with Gasteiger partial charge in [0.05, 0.1) is 6.54 Å². The van der Waals surface area contributed by atoms with Crippen molar-refractivity contribution in [3.8, 4) is 11.5 Å². The summed E-state index contributed by atoms with van der Waals surface area (Å²) >= 11 is 0. The van der Waals surface area contributed by atoms with Crippen LogP contribution in [0.15, 0.2) is 63.8 Å². The van der Waals surface area contributed by atoms with Crippen molar-refractivity contribution in [2.45, 2.75) is 20.0 Å². The van der Waals surface area contributed by atoms with Crippen molar-refractivity contribution in [3.63, 3.8) is 0 Å². The smallest absolute Gasteiger partial charge is 0.336 e. The van der Waals surface area contributed by atoms with Gasteiger partial charge in [-0.05, 0) is 49.7 Å². The maximum Gasteiger partial charge on any atom is 0.336 e. The Morgan fingerprint density at radius 3 is 2.74 bits per heavy atom. The lowest BCUT2D eigenvalue weighted by Gasteiger charge is -2.15. The van der Waals surface area contributed by atoms with E-state index >= 15 is 0 Å². The van der Waals surface area contributed by atoms with Gasteiger partial charge in [-0.15, -0.1) is 0 Å². The van der Waals surface area contributed by atoms with Crippen LogP contribution in [-0.4, -0.2) is 25.2 Å². The third-order valence-electron chi connectivity index (χ3n) is 3.94. The van der Waals surface area contributed by atoms with Crippen LogP contribution in [0, 0.1) is 6.92 Å². The van der Waals surface area contributed by atoms with E-state index in [-0.39, 0.29) is 5.91 Å². The molecule has 0 spiro atoms. The number of nitrogens with one attached hydrogen (secondary N) is 1. The monoisotopic (exact) mass is 367 g/mol. The van der Waals surface area contributed by atoms with Crippen LogP contribution in [0.4, 0.5) is 0 Å². The number of ether oxygens (including phenoxy) is 2. The van der Waals surface area contributed by atoms with Gasteiger partial charge in [0, 0.05) is 17.5 Å². The fourth-order valence-corrected chi connectivity index (χ4v) is 2.56. The molecule has 0 aliphatic heterocycles. The lowest BCUT2D eigenvalue weighted by Crippen LogP contribution is -2.38. The zero-order valence-electron chi connectivity index (χ0n) is 15.2. The van der Waals surface area contributed by atoms with E-state index in [1.807, 2.05) is 31.2 Å². The molecule has 1 aromatic heterocycles. The topological polar surface area (TPSA) is 77.8 Å². The third kappa shape index (κ3) is 5.10. The fraction of sp³-hybridized carbons (Fsp3) is 0.238. The summed E-state index contributed by atoms with van der Waals surface area (Å²) in [5.41, 5.74) is 1.10. The van der Waals surface area contributed by atoms with Crippen molar-refractivity contribution < 1.29 is 18.7 Å². The number of fused-ring (bicyclic) bond motifs is 1. The predicted molar refractivity (Wildman–Crippen MR) is 102 cm³/mol. The summed E-state index contributed by atoms with van der Waals surface area (Å²) in [6.07, 6.45) is -0.697. The van der Waals surface area contributed by atoms with Crippen LogP contribution in [0.25, 0.3) is 11.0 Å². The summed E-state index contributed by atoms with van der Waals surface area (Å²) in [4.78, 5) is 23.5. The quantitative estimate of drug-likeness (QED) is 0.513. The Bertz CT molecular complexity index is 995. The van der Waals surface area contributed by atoms with Gasteiger partial charge in [-0.1, -0.05) is 12.1 Å². The molecule has 1 N–H and O–H groups in total. The molecule has 6 heteroatoms. The van der Waals surface area contributed by atoms with Crippen molar-refractivity contribution in [2.75, 3.05) is 13.2 Å². The Hall–Kier alpha value is -3.28. The van der Waals surface area contributed by atoms with E-state index in [4.69, 9.17) is 13.9 Å². The number of rotatable bonds is 7. The molecule has 2 aromatic carbocycles. The van der Waals surface area contributed by atoms with Crippen LogP contribution in [0.1, 0.15) is 12.5 Å². The second-order valence-electron chi connectivity index (χ2n) is 6.17. The third-order valence-corrected chi connectivity index (χ3v) is 3.94. The zero-order chi connectivity index (χ0) is 19.2. The average molecular weight is 367 g/mol. The Morgan fingerprint density at radius 2 is 1.93 bits per heavy atom. The highest BCUT2D eigenvalue weighted by atomic mass is 16.5. The standard InChI is InChI=1S/C21H21NO5/c1-14-4-3-5-17(12-14)25-11-10-22-21(24)15(2)26-18-8-6-16-7-9-20(23)27-19(16)13-18/h3-9,12-13,15H,10-11H2,1-2H3,(H,22,24). The molecule has 1 amide bonds. The van der Waals surface area contributed by atoms with E-state index < -0.39 is 11.7 Å². The molecular weight excluding hydrogens is 346 g/mol. The number of aryl methyl sites for hydroxylation is 1. The van der Waals surface area contributed by atoms with Gasteiger partial charge < -0.3 is 19.2 Å². The highest BCUT2D eigenvalue weighted by molar-refractivity contribution is 5.81. The largest absolute Gasteiger partial charge is 0.492 e. The van der Waals surface area contributed by atoms with E-state index in [1.165, 1.54) is 6.07 Å². The van der Waals surface area contributed by atoms with Gasteiger partial charge >= 0.3 is 5.63 Å². The van der Waals surface area contributed by atoms with E-state index in [1.54, 1.807) is 31.2 Å². The van der Waals surface area contributed by atoms with Crippen molar-refractivity contribution in [1.29, 1.82) is 0 Å². The first-order valence-corrected chi connectivity index (χ1v) is 8.69. The van der Waals surface area contributed by atoms with Crippen LogP contribution >= 0.6 is 0 Å². The second kappa shape index (κ2) is 8.40. The van der Waals surface area contributed by atoms with Crippen LogP contribution < -0.4 is 20.4 Å². The maximum absolute atomic E-state index is 12.2. The fourth-order valence-electron chi connectivity index (χ4n) is 2.56. The minimum atomic E-state index is -0.697. The molecule has 1 atom stereocenters. The van der Waals surface area contributed by atoms with Gasteiger partial charge in [0.15, 0.2) is 6.10 Å². The second-order valence-corrected chi connectivity index (χ2v) is 6.17. The van der Waals surface area contributed by atoms with Crippen LogP contribution in [0.5, 0.6) is 11.5 Å². The number of hydrogen-bond donors (Lipinski definition) is 1. The van der Waals surface area contributed by atoms with E-state index in [2.05, 4.69) is 5.32 Å². The Balaban J connectivity index is 1.49. The van der Waals surface area contributed by atoms with E-state index in [0.717, 1.165) is 16.7 Å². The van der Waals surface area contributed by atoms with Crippen molar-refractivity contribution >= 4 is 16.9 Å². The Kier molecular flexibility index (Phi) is 5.76. The number of carbonyl (C=O) groups is 1. The van der Waals surface area contributed by atoms with E-state index in [9.17, 15) is 9.59 Å². The highest BCUT2D eigenvalue weighted by Gasteiger charge is 2.14. The van der Waals surface area contributed by atoms with Gasteiger partial charge in [0.2, 0.25) is 0 Å². The summed E-state index contributed by atoms with van der Waals surface area (Å²) in [7, 11) is 0. The molecule has 0 fully saturated rings. The normalized spacial score (nSPS) is 11.8. The molecule has 27 heavy (non-hydrogen) atoms. The summed E-state index contributed by atoms with van der Waals surface area (Å²) in [6.45, 7) is 4.38. The lowest BCUT2D eigenvalue weighted by atomic mass is 10.2. The van der Waals surface area contributed by atoms with Crippen LogP contribution in [-0.2, 0) is 4.79 Å². The van der Waals surface area contributed by atoms with Gasteiger partial charge in [-0.2, -0.15) is 0 Å². The molecule has 0 saturated carbocycles. The molecule has 0 aliphatic carbocycles. The minimum absolute atomic E-state index is 0.252. The van der Waals surface area contributed by atoms with Crippen molar-refractivity contribution in [1.82, 2.24) is 5.32 Å². The summed E-state index contributed by atoms with van der Waals surface area (Å²) in [5.74, 6) is 0.971. The molecule has 0 aliphatic rings. The van der Waals surface area contributed by atoms with Crippen molar-refractivity contribution in [3.05, 3.63) is 70.6 Å². The van der Waals surface area contributed by atoms with E-state index in [0.29, 0.717) is 24.5 Å². The molecule has 3 aromatic rings. The summed E-state index contributed by atoms with van der Waals surface area (Å²) in [6, 6.07) is 15.9. The van der Waals surface area contributed by atoms with Crippen LogP contribution in [0.2, 0.25) is 0 Å². The Labute approximate surface area is 156 Å². The van der Waals surface area contributed by atoms with Gasteiger partial charge in [0.1, 0.15) is 23.7 Å². The van der Waals surface area contributed by atoms with Gasteiger partial charge in [0.25, 0.3) is 5.91 Å². The average Bonchev–Trinajstić information content (AvgIpc) is 2.64. The number of hydrogen-bond acceptors (Lipinski definition) is 5. The molecule has 3 rings (SSSR count). The molecule has 6 nitrogen and oxygen atoms in total. The van der Waals surface area contributed by atoms with Crippen LogP contribution in [0.3, 0.4) is 0 Å². The SMILES string of the molecule is Cc1cccc(OCCNC(=O)C(C)Oc2ccc3ccc(=O)oc3c2)c1. The molecule has 0 saturated heterocycles. The predicted octanol–water partition coefficient (Wildman–Crippen LogP) is 3.06.